The largest absolute Gasteiger partial charge is 0.412 e. The standard InChI is InChI=1S/C5H13ClSi.H2O/c1-4-5-7(2,3)6;/h4-5H2,1-3H3;1H2. The van der Waals surface area contributed by atoms with Gasteiger partial charge in [0.25, 0.3) is 0 Å². The molecule has 0 aromatic carbocycles. The highest BCUT2D eigenvalue weighted by Crippen LogP contribution is 2.14. The molecule has 0 aliphatic rings. The maximum atomic E-state index is 5.97. The first-order valence-electron chi connectivity index (χ1n) is 2.75. The van der Waals surface area contributed by atoms with Crippen molar-refractivity contribution in [1.29, 1.82) is 0 Å². The van der Waals surface area contributed by atoms with Gasteiger partial charge in [-0.1, -0.05) is 26.4 Å². The van der Waals surface area contributed by atoms with Crippen molar-refractivity contribution in [3.8, 4) is 0 Å². The van der Waals surface area contributed by atoms with Gasteiger partial charge in [-0.25, -0.2) is 0 Å². The van der Waals surface area contributed by atoms with Gasteiger partial charge in [0.1, 0.15) is 7.38 Å². The van der Waals surface area contributed by atoms with E-state index >= 15 is 0 Å². The fourth-order valence-corrected chi connectivity index (χ4v) is 2.35. The minimum atomic E-state index is -1.18. The maximum Gasteiger partial charge on any atom is 0.150 e. The summed E-state index contributed by atoms with van der Waals surface area (Å²) in [7, 11) is -1.18. The molecule has 0 atom stereocenters. The van der Waals surface area contributed by atoms with E-state index in [0.717, 1.165) is 0 Å². The fraction of sp³-hybridized carbons (Fsp3) is 1.00. The van der Waals surface area contributed by atoms with E-state index in [1.807, 2.05) is 0 Å². The molecule has 0 heterocycles. The van der Waals surface area contributed by atoms with Gasteiger partial charge in [0.15, 0.2) is 0 Å². The van der Waals surface area contributed by atoms with Gasteiger partial charge in [-0.3, -0.25) is 0 Å². The normalized spacial score (nSPS) is 10.5. The summed E-state index contributed by atoms with van der Waals surface area (Å²) in [4.78, 5) is 0. The molecular weight excluding hydrogens is 140 g/mol. The van der Waals surface area contributed by atoms with Gasteiger partial charge in [0, 0.05) is 0 Å². The molecule has 0 aliphatic carbocycles. The molecule has 1 nitrogen and oxygen atoms in total. The summed E-state index contributed by atoms with van der Waals surface area (Å²) < 4.78 is 0. The van der Waals surface area contributed by atoms with Gasteiger partial charge in [-0.15, -0.1) is 0 Å². The van der Waals surface area contributed by atoms with E-state index in [-0.39, 0.29) is 5.48 Å². The monoisotopic (exact) mass is 154 g/mol. The summed E-state index contributed by atoms with van der Waals surface area (Å²) in [6.07, 6.45) is 1.24. The van der Waals surface area contributed by atoms with Crippen molar-refractivity contribution in [2.24, 2.45) is 0 Å². The highest BCUT2D eigenvalue weighted by Gasteiger charge is 2.13. The van der Waals surface area contributed by atoms with E-state index in [9.17, 15) is 0 Å². The number of halogens is 1. The molecule has 52 valence electrons. The summed E-state index contributed by atoms with van der Waals surface area (Å²) >= 11 is 5.97. The van der Waals surface area contributed by atoms with Crippen LogP contribution in [0.25, 0.3) is 0 Å². The van der Waals surface area contributed by atoms with Crippen molar-refractivity contribution in [3.05, 3.63) is 0 Å². The Morgan fingerprint density at radius 2 is 1.75 bits per heavy atom. The summed E-state index contributed by atoms with van der Waals surface area (Å²) in [5, 5.41) is 0. The third-order valence-corrected chi connectivity index (χ3v) is 3.10. The first kappa shape index (κ1) is 11.3. The number of hydrogen-bond acceptors (Lipinski definition) is 0. The van der Waals surface area contributed by atoms with E-state index in [4.69, 9.17) is 11.1 Å². The lowest BCUT2D eigenvalue weighted by Gasteiger charge is -2.08. The highest BCUT2D eigenvalue weighted by molar-refractivity contribution is 7.19. The van der Waals surface area contributed by atoms with Gasteiger partial charge in [-0.2, -0.15) is 11.1 Å². The minimum absolute atomic E-state index is 0. The van der Waals surface area contributed by atoms with Crippen LogP contribution in [0, 0.1) is 0 Å². The second kappa shape index (κ2) is 4.36. The van der Waals surface area contributed by atoms with Crippen LogP contribution in [-0.4, -0.2) is 12.9 Å². The summed E-state index contributed by atoms with van der Waals surface area (Å²) in [6.45, 7) is 6.53. The molecule has 0 amide bonds. The van der Waals surface area contributed by atoms with Crippen LogP contribution in [0.1, 0.15) is 13.3 Å². The van der Waals surface area contributed by atoms with Crippen LogP contribution in [0.15, 0.2) is 0 Å². The lowest BCUT2D eigenvalue weighted by atomic mass is 10.6. The van der Waals surface area contributed by atoms with E-state index in [1.165, 1.54) is 12.5 Å². The molecule has 2 N–H and O–H groups in total. The Hall–Kier alpha value is 0.467. The third-order valence-electron chi connectivity index (χ3n) is 0.844. The molecule has 0 aromatic rings. The van der Waals surface area contributed by atoms with Crippen LogP contribution in [0.3, 0.4) is 0 Å². The topological polar surface area (TPSA) is 31.5 Å². The molecule has 0 aromatic heterocycles. The SMILES string of the molecule is CCC[Si](C)(C)Cl.O. The predicted octanol–water partition coefficient (Wildman–Crippen LogP) is 2.02. The average molecular weight is 155 g/mol. The molecule has 0 radical (unpaired) electrons. The van der Waals surface area contributed by atoms with E-state index in [0.29, 0.717) is 0 Å². The van der Waals surface area contributed by atoms with Crippen molar-refractivity contribution < 1.29 is 5.48 Å². The van der Waals surface area contributed by atoms with Crippen LogP contribution in [0.4, 0.5) is 0 Å². The Balaban J connectivity index is 0. The van der Waals surface area contributed by atoms with Crippen molar-refractivity contribution >= 4 is 18.5 Å². The van der Waals surface area contributed by atoms with Crippen molar-refractivity contribution in [1.82, 2.24) is 0 Å². The number of rotatable bonds is 2. The zero-order chi connectivity index (χ0) is 5.91. The first-order chi connectivity index (χ1) is 3.06. The van der Waals surface area contributed by atoms with Crippen LogP contribution in [-0.2, 0) is 0 Å². The van der Waals surface area contributed by atoms with Crippen LogP contribution in [0.2, 0.25) is 19.1 Å². The lowest BCUT2D eigenvalue weighted by Crippen LogP contribution is -2.14. The molecule has 8 heavy (non-hydrogen) atoms. The second-order valence-corrected chi connectivity index (χ2v) is 9.48. The zero-order valence-corrected chi connectivity index (χ0v) is 7.55. The van der Waals surface area contributed by atoms with Gasteiger partial charge in [-0.05, 0) is 6.04 Å². The molecule has 0 fully saturated rings. The number of hydrogen-bond donors (Lipinski definition) is 0. The molecule has 0 spiro atoms. The maximum absolute atomic E-state index is 5.97. The van der Waals surface area contributed by atoms with E-state index < -0.39 is 7.38 Å². The third kappa shape index (κ3) is 9.69. The minimum Gasteiger partial charge on any atom is -0.412 e. The molecule has 0 bridgehead atoms. The Kier molecular flexibility index (Phi) is 6.15. The average Bonchev–Trinajstić information content (AvgIpc) is 1.30. The van der Waals surface area contributed by atoms with Crippen LogP contribution in [0.5, 0.6) is 0 Å². The quantitative estimate of drug-likeness (QED) is 0.431. The summed E-state index contributed by atoms with van der Waals surface area (Å²) in [5.41, 5.74) is 0. The highest BCUT2D eigenvalue weighted by atomic mass is 35.6. The van der Waals surface area contributed by atoms with Crippen LogP contribution < -0.4 is 0 Å². The summed E-state index contributed by atoms with van der Waals surface area (Å²) in [6, 6.07) is 1.24. The van der Waals surface area contributed by atoms with Crippen LogP contribution >= 0.6 is 11.1 Å². The summed E-state index contributed by atoms with van der Waals surface area (Å²) in [5.74, 6) is 0. The Labute approximate surface area is 57.1 Å². The second-order valence-electron chi connectivity index (χ2n) is 2.47. The van der Waals surface area contributed by atoms with E-state index in [1.54, 1.807) is 0 Å². The van der Waals surface area contributed by atoms with Gasteiger partial charge in [0.05, 0.1) is 0 Å². The van der Waals surface area contributed by atoms with Crippen molar-refractivity contribution in [3.63, 3.8) is 0 Å². The predicted molar refractivity (Wildman–Crippen MR) is 42.0 cm³/mol. The lowest BCUT2D eigenvalue weighted by molar-refractivity contribution is 0.824. The molecule has 0 saturated carbocycles. The zero-order valence-electron chi connectivity index (χ0n) is 5.79. The Bertz CT molecular complexity index is 50.9. The van der Waals surface area contributed by atoms with Crippen molar-refractivity contribution in [2.75, 3.05) is 0 Å². The Morgan fingerprint density at radius 3 is 1.75 bits per heavy atom. The van der Waals surface area contributed by atoms with E-state index in [2.05, 4.69) is 20.0 Å². The van der Waals surface area contributed by atoms with Crippen molar-refractivity contribution in [2.45, 2.75) is 32.5 Å². The fourth-order valence-electron chi connectivity index (χ4n) is 0.594. The molecule has 3 heteroatoms. The van der Waals surface area contributed by atoms with Gasteiger partial charge in [0.2, 0.25) is 0 Å². The first-order valence-corrected chi connectivity index (χ1v) is 6.97. The Morgan fingerprint density at radius 1 is 1.38 bits per heavy atom. The smallest absolute Gasteiger partial charge is 0.150 e. The molecule has 0 saturated heterocycles. The van der Waals surface area contributed by atoms with Gasteiger partial charge < -0.3 is 5.48 Å². The van der Waals surface area contributed by atoms with Gasteiger partial charge >= 0.3 is 0 Å². The molecular formula is C5H15ClOSi. The molecule has 0 aliphatic heterocycles. The molecule has 0 rings (SSSR count). The molecule has 0 unspecified atom stereocenters.